The lowest BCUT2D eigenvalue weighted by Crippen LogP contribution is -2.07. The van der Waals surface area contributed by atoms with Gasteiger partial charge in [0.15, 0.2) is 0 Å². The van der Waals surface area contributed by atoms with E-state index >= 15 is 0 Å². The first-order valence-corrected chi connectivity index (χ1v) is 5.25. The number of aryl methyl sites for hydroxylation is 1. The highest BCUT2D eigenvalue weighted by Gasteiger charge is 2.03. The van der Waals surface area contributed by atoms with Gasteiger partial charge < -0.3 is 10.3 Å². The Morgan fingerprint density at radius 1 is 1.13 bits per heavy atom. The fraction of sp³-hybridized carbons (Fsp3) is 0.231. The Balaban J connectivity index is 2.45. The Morgan fingerprint density at radius 3 is 2.67 bits per heavy atom. The summed E-state index contributed by atoms with van der Waals surface area (Å²) in [5.41, 5.74) is 9.39. The van der Waals surface area contributed by atoms with Crippen LogP contribution in [0, 0.1) is 6.92 Å². The van der Waals surface area contributed by atoms with Crippen molar-refractivity contribution < 1.29 is 0 Å². The third-order valence-corrected chi connectivity index (χ3v) is 2.61. The standard InChI is InChI=1S/C13H16N2/c1-11-5-2-3-7-13(11)15-10-4-6-12(15)8-9-14/h2-7,10H,8-9,14H2,1H3. The fourth-order valence-corrected chi connectivity index (χ4v) is 1.84. The number of nitrogens with zero attached hydrogens (tertiary/aromatic N) is 1. The van der Waals surface area contributed by atoms with E-state index < -0.39 is 0 Å². The minimum absolute atomic E-state index is 0.690. The maximum atomic E-state index is 5.59. The summed E-state index contributed by atoms with van der Waals surface area (Å²) in [6.45, 7) is 2.82. The average molecular weight is 200 g/mol. The summed E-state index contributed by atoms with van der Waals surface area (Å²) in [6.07, 6.45) is 3.01. The van der Waals surface area contributed by atoms with Crippen LogP contribution in [0.3, 0.4) is 0 Å². The molecule has 0 bridgehead atoms. The monoisotopic (exact) mass is 200 g/mol. The maximum absolute atomic E-state index is 5.59. The molecule has 0 unspecified atom stereocenters. The first-order chi connectivity index (χ1) is 7.33. The van der Waals surface area contributed by atoms with Crippen molar-refractivity contribution in [3.05, 3.63) is 53.9 Å². The lowest BCUT2D eigenvalue weighted by atomic mass is 10.2. The Labute approximate surface area is 90.3 Å². The van der Waals surface area contributed by atoms with E-state index in [0.717, 1.165) is 6.42 Å². The van der Waals surface area contributed by atoms with Crippen LogP contribution in [0.5, 0.6) is 0 Å². The van der Waals surface area contributed by atoms with Gasteiger partial charge in [-0.15, -0.1) is 0 Å². The molecule has 0 spiro atoms. The molecule has 0 amide bonds. The van der Waals surface area contributed by atoms with Crippen molar-refractivity contribution in [2.75, 3.05) is 6.54 Å². The van der Waals surface area contributed by atoms with Gasteiger partial charge in [0.2, 0.25) is 0 Å². The van der Waals surface area contributed by atoms with E-state index in [2.05, 4.69) is 54.1 Å². The second-order valence-electron chi connectivity index (χ2n) is 3.69. The predicted octanol–water partition coefficient (Wildman–Crippen LogP) is 2.29. The van der Waals surface area contributed by atoms with Crippen LogP contribution in [0.25, 0.3) is 5.69 Å². The zero-order chi connectivity index (χ0) is 10.7. The first kappa shape index (κ1) is 9.99. The molecule has 2 nitrogen and oxygen atoms in total. The summed E-state index contributed by atoms with van der Waals surface area (Å²) < 4.78 is 2.21. The average Bonchev–Trinajstić information content (AvgIpc) is 2.67. The van der Waals surface area contributed by atoms with Gasteiger partial charge in [-0.2, -0.15) is 0 Å². The molecule has 2 aromatic rings. The van der Waals surface area contributed by atoms with Crippen molar-refractivity contribution >= 4 is 0 Å². The van der Waals surface area contributed by atoms with Gasteiger partial charge in [-0.3, -0.25) is 0 Å². The normalized spacial score (nSPS) is 10.5. The smallest absolute Gasteiger partial charge is 0.0481 e. The SMILES string of the molecule is Cc1ccccc1-n1cccc1CCN. The number of para-hydroxylation sites is 1. The minimum Gasteiger partial charge on any atom is -0.330 e. The van der Waals surface area contributed by atoms with Gasteiger partial charge in [-0.1, -0.05) is 18.2 Å². The summed E-state index contributed by atoms with van der Waals surface area (Å²) in [5.74, 6) is 0. The second kappa shape index (κ2) is 4.32. The van der Waals surface area contributed by atoms with Crippen LogP contribution in [-0.4, -0.2) is 11.1 Å². The number of aromatic nitrogens is 1. The molecule has 15 heavy (non-hydrogen) atoms. The molecule has 0 saturated heterocycles. The van der Waals surface area contributed by atoms with Crippen LogP contribution in [0.1, 0.15) is 11.3 Å². The zero-order valence-electron chi connectivity index (χ0n) is 8.98. The maximum Gasteiger partial charge on any atom is 0.0481 e. The first-order valence-electron chi connectivity index (χ1n) is 5.25. The van der Waals surface area contributed by atoms with E-state index in [4.69, 9.17) is 5.73 Å². The number of benzene rings is 1. The zero-order valence-corrected chi connectivity index (χ0v) is 8.98. The highest BCUT2D eigenvalue weighted by Crippen LogP contribution is 2.16. The minimum atomic E-state index is 0.690. The summed E-state index contributed by atoms with van der Waals surface area (Å²) in [6, 6.07) is 12.6. The molecule has 0 fully saturated rings. The van der Waals surface area contributed by atoms with Crippen LogP contribution < -0.4 is 5.73 Å². The molecule has 0 atom stereocenters. The van der Waals surface area contributed by atoms with E-state index in [1.807, 2.05) is 0 Å². The summed E-state index contributed by atoms with van der Waals surface area (Å²) >= 11 is 0. The van der Waals surface area contributed by atoms with Crippen molar-refractivity contribution in [2.24, 2.45) is 5.73 Å². The van der Waals surface area contributed by atoms with Crippen molar-refractivity contribution in [2.45, 2.75) is 13.3 Å². The largest absolute Gasteiger partial charge is 0.330 e. The molecular weight excluding hydrogens is 184 g/mol. The van der Waals surface area contributed by atoms with Crippen molar-refractivity contribution in [1.29, 1.82) is 0 Å². The van der Waals surface area contributed by atoms with Crippen LogP contribution >= 0.6 is 0 Å². The second-order valence-corrected chi connectivity index (χ2v) is 3.69. The molecule has 0 radical (unpaired) electrons. The van der Waals surface area contributed by atoms with Crippen LogP contribution in [0.2, 0.25) is 0 Å². The lowest BCUT2D eigenvalue weighted by molar-refractivity contribution is 0.871. The lowest BCUT2D eigenvalue weighted by Gasteiger charge is -2.11. The van der Waals surface area contributed by atoms with Gasteiger partial charge in [0.25, 0.3) is 0 Å². The van der Waals surface area contributed by atoms with E-state index in [-0.39, 0.29) is 0 Å². The number of hydrogen-bond donors (Lipinski definition) is 1. The highest BCUT2D eigenvalue weighted by molar-refractivity contribution is 5.42. The third-order valence-electron chi connectivity index (χ3n) is 2.61. The molecule has 1 aromatic heterocycles. The summed E-state index contributed by atoms with van der Waals surface area (Å²) in [4.78, 5) is 0. The number of nitrogens with two attached hydrogens (primary N) is 1. The van der Waals surface area contributed by atoms with Gasteiger partial charge >= 0.3 is 0 Å². The molecule has 1 heterocycles. The summed E-state index contributed by atoms with van der Waals surface area (Å²) in [5, 5.41) is 0. The van der Waals surface area contributed by atoms with Gasteiger partial charge in [-0.25, -0.2) is 0 Å². The fourth-order valence-electron chi connectivity index (χ4n) is 1.84. The van der Waals surface area contributed by atoms with Crippen molar-refractivity contribution in [3.63, 3.8) is 0 Å². The number of rotatable bonds is 3. The van der Waals surface area contributed by atoms with Gasteiger partial charge in [0, 0.05) is 24.0 Å². The van der Waals surface area contributed by atoms with Crippen molar-refractivity contribution in [1.82, 2.24) is 4.57 Å². The Hall–Kier alpha value is -1.54. The molecule has 78 valence electrons. The molecule has 1 aromatic carbocycles. The molecular formula is C13H16N2. The topological polar surface area (TPSA) is 30.9 Å². The van der Waals surface area contributed by atoms with Gasteiger partial charge in [-0.05, 0) is 37.2 Å². The number of hydrogen-bond acceptors (Lipinski definition) is 1. The van der Waals surface area contributed by atoms with Crippen LogP contribution in [0.15, 0.2) is 42.6 Å². The Kier molecular flexibility index (Phi) is 2.88. The van der Waals surface area contributed by atoms with Crippen LogP contribution in [-0.2, 0) is 6.42 Å². The Bertz CT molecular complexity index is 443. The van der Waals surface area contributed by atoms with Crippen molar-refractivity contribution in [3.8, 4) is 5.69 Å². The molecule has 2 N–H and O–H groups in total. The molecule has 0 aliphatic carbocycles. The van der Waals surface area contributed by atoms with E-state index in [9.17, 15) is 0 Å². The molecule has 0 saturated carbocycles. The molecule has 0 aliphatic rings. The van der Waals surface area contributed by atoms with Crippen LogP contribution in [0.4, 0.5) is 0 Å². The third kappa shape index (κ3) is 1.95. The highest BCUT2D eigenvalue weighted by atomic mass is 15.0. The van der Waals surface area contributed by atoms with E-state index in [0.29, 0.717) is 6.54 Å². The quantitative estimate of drug-likeness (QED) is 0.809. The predicted molar refractivity (Wildman–Crippen MR) is 63.3 cm³/mol. The summed E-state index contributed by atoms with van der Waals surface area (Å²) in [7, 11) is 0. The van der Waals surface area contributed by atoms with Gasteiger partial charge in [0.05, 0.1) is 0 Å². The molecule has 2 rings (SSSR count). The van der Waals surface area contributed by atoms with Gasteiger partial charge in [0.1, 0.15) is 0 Å². The Morgan fingerprint density at radius 2 is 1.93 bits per heavy atom. The molecule has 0 aliphatic heterocycles. The van der Waals surface area contributed by atoms with E-state index in [1.165, 1.54) is 16.9 Å². The van der Waals surface area contributed by atoms with E-state index in [1.54, 1.807) is 0 Å². The molecule has 2 heteroatoms.